The maximum Gasteiger partial charge on any atom is 0.266 e. The van der Waals surface area contributed by atoms with Crippen LogP contribution in [0.2, 0.25) is 0 Å². The van der Waals surface area contributed by atoms with Crippen LogP contribution in [0.15, 0.2) is 153 Å². The molecule has 11 heteroatoms. The van der Waals surface area contributed by atoms with E-state index in [0.717, 1.165) is 26.5 Å². The van der Waals surface area contributed by atoms with Crippen molar-refractivity contribution in [2.75, 3.05) is 13.2 Å². The molecule has 0 aliphatic carbocycles. The van der Waals surface area contributed by atoms with Gasteiger partial charge in [-0.05, 0) is 70.2 Å². The number of hydrogen-bond acceptors (Lipinski definition) is 8. The van der Waals surface area contributed by atoms with E-state index in [4.69, 9.17) is 25.1 Å². The van der Waals surface area contributed by atoms with Crippen LogP contribution in [0.3, 0.4) is 0 Å². The molecule has 0 saturated carbocycles. The van der Waals surface area contributed by atoms with E-state index in [0.29, 0.717) is 42.3 Å². The van der Waals surface area contributed by atoms with E-state index in [1.807, 2.05) is 115 Å². The molecule has 0 unspecified atom stereocenters. The second kappa shape index (κ2) is 17.4. The molecule has 0 fully saturated rings. The van der Waals surface area contributed by atoms with Gasteiger partial charge in [-0.2, -0.15) is 0 Å². The second-order valence-corrected chi connectivity index (χ2v) is 13.0. The van der Waals surface area contributed by atoms with Crippen molar-refractivity contribution < 1.29 is 19.4 Å². The number of ether oxygens (including phenoxy) is 2. The predicted molar refractivity (Wildman–Crippen MR) is 198 cm³/mol. The minimum Gasteiger partial charge on any atom is -0.494 e. The molecule has 5 aromatic carbocycles. The van der Waals surface area contributed by atoms with Crippen LogP contribution in [0.5, 0.6) is 5.75 Å². The lowest BCUT2D eigenvalue weighted by molar-refractivity contribution is -0.130. The van der Waals surface area contributed by atoms with E-state index in [2.05, 4.69) is 39.1 Å². The van der Waals surface area contributed by atoms with Gasteiger partial charge in [0.05, 0.1) is 13.2 Å². The average Bonchev–Trinajstić information content (AvgIpc) is 3.56. The van der Waals surface area contributed by atoms with Gasteiger partial charge in [0, 0.05) is 46.3 Å². The first-order valence-electron chi connectivity index (χ1n) is 16.7. The Morgan fingerprint density at radius 3 is 2.33 bits per heavy atom. The highest BCUT2D eigenvalue weighted by molar-refractivity contribution is 7.99. The molecule has 0 saturated heterocycles. The highest BCUT2D eigenvalue weighted by Crippen LogP contribution is 2.44. The highest BCUT2D eigenvalue weighted by atomic mass is 32.2. The second-order valence-electron chi connectivity index (χ2n) is 11.9. The number of hydrogen-bond donors (Lipinski definition) is 3. The molecule has 1 heterocycles. The zero-order chi connectivity index (χ0) is 35.3. The summed E-state index contributed by atoms with van der Waals surface area (Å²) in [7, 11) is 0. The molecule has 0 bridgehead atoms. The number of nitrogens with zero attached hydrogens (tertiary/aromatic N) is 4. The van der Waals surface area contributed by atoms with Crippen molar-refractivity contribution in [3.05, 3.63) is 172 Å². The van der Waals surface area contributed by atoms with Crippen molar-refractivity contribution in [2.24, 2.45) is 10.1 Å². The highest BCUT2D eigenvalue weighted by Gasteiger charge is 2.54. The molecule has 2 atom stereocenters. The van der Waals surface area contributed by atoms with Gasteiger partial charge in [0.2, 0.25) is 5.90 Å². The average molecular weight is 699 g/mol. The van der Waals surface area contributed by atoms with Crippen molar-refractivity contribution >= 4 is 23.6 Å². The summed E-state index contributed by atoms with van der Waals surface area (Å²) in [6, 6.07) is 42.8. The summed E-state index contributed by atoms with van der Waals surface area (Å²) in [5, 5.41) is 13.0. The van der Waals surface area contributed by atoms with Crippen LogP contribution >= 0.6 is 11.8 Å². The first-order valence-corrected chi connectivity index (χ1v) is 17.5. The molecule has 1 aliphatic rings. The monoisotopic (exact) mass is 698 g/mol. The normalized spacial score (nSPS) is 16.4. The number of aliphatic imine (C=N–C) groups is 1. The van der Waals surface area contributed by atoms with Gasteiger partial charge in [-0.3, -0.25) is 10.2 Å². The van der Waals surface area contributed by atoms with Gasteiger partial charge in [-0.15, -0.1) is 0 Å². The van der Waals surface area contributed by atoms with Gasteiger partial charge < -0.3 is 14.6 Å². The smallest absolute Gasteiger partial charge is 0.266 e. The number of nitrogens with one attached hydrogen (secondary N) is 2. The van der Waals surface area contributed by atoms with Crippen LogP contribution in [-0.2, 0) is 29.0 Å². The molecule has 0 aromatic heterocycles. The molecule has 1 aliphatic heterocycles. The van der Waals surface area contributed by atoms with Gasteiger partial charge in [0.15, 0.2) is 11.6 Å². The number of azide groups is 1. The Hall–Kier alpha value is -5.58. The van der Waals surface area contributed by atoms with Crippen LogP contribution < -0.4 is 15.6 Å². The van der Waals surface area contributed by atoms with Crippen LogP contribution in [0, 0.1) is 0 Å². The van der Waals surface area contributed by atoms with Gasteiger partial charge in [-0.25, -0.2) is 10.4 Å². The zero-order valence-electron chi connectivity index (χ0n) is 27.9. The molecule has 258 valence electrons. The molecule has 51 heavy (non-hydrogen) atoms. The van der Waals surface area contributed by atoms with Crippen LogP contribution in [0.25, 0.3) is 10.4 Å². The largest absolute Gasteiger partial charge is 0.494 e. The number of rotatable bonds is 16. The van der Waals surface area contributed by atoms with E-state index in [-0.39, 0.29) is 25.5 Å². The Balaban J connectivity index is 1.35. The van der Waals surface area contributed by atoms with Crippen LogP contribution in [-0.4, -0.2) is 35.7 Å². The molecule has 6 rings (SSSR count). The van der Waals surface area contributed by atoms with Crippen LogP contribution in [0.4, 0.5) is 0 Å². The quantitative estimate of drug-likeness (QED) is 0.0317. The minimum absolute atomic E-state index is 0.0465. The number of hydrazine groups is 1. The molecule has 0 spiro atoms. The van der Waals surface area contributed by atoms with Crippen molar-refractivity contribution in [1.82, 2.24) is 10.9 Å². The standard InChI is InChI=1S/C40H38N6O4S/c41-46-43-27-31-14-7-9-18-35(31)37-40(26-29-12-3-1-4-13-29,44-38(50-37)30-20-22-33(23-21-30)49-25-11-24-47)39(48)45-42-28-32-15-8-10-19-36(32)51-34-16-5-2-6-17-34/h1-10,12-23,37,42,47H,11,24-28H2,(H,45,48)/t37-,40-/m0/s1. The Labute approximate surface area is 301 Å². The first-order chi connectivity index (χ1) is 25.1. The summed E-state index contributed by atoms with van der Waals surface area (Å²) >= 11 is 1.66. The third-order valence-corrected chi connectivity index (χ3v) is 9.54. The molecule has 0 radical (unpaired) electrons. The van der Waals surface area contributed by atoms with Crippen molar-refractivity contribution in [1.29, 1.82) is 0 Å². The zero-order valence-corrected chi connectivity index (χ0v) is 28.7. The van der Waals surface area contributed by atoms with Crippen LogP contribution in [0.1, 0.15) is 40.3 Å². The Bertz CT molecular complexity index is 1990. The predicted octanol–water partition coefficient (Wildman–Crippen LogP) is 7.73. The minimum atomic E-state index is -1.45. The molecule has 3 N–H and O–H groups in total. The summed E-state index contributed by atoms with van der Waals surface area (Å²) in [5.41, 5.74) is 17.9. The molecule has 5 aromatic rings. The number of carbonyl (C=O) groups is 1. The van der Waals surface area contributed by atoms with E-state index in [1.54, 1.807) is 11.8 Å². The fourth-order valence-electron chi connectivity index (χ4n) is 5.90. The fourth-order valence-corrected chi connectivity index (χ4v) is 6.87. The van der Waals surface area contributed by atoms with E-state index in [9.17, 15) is 4.79 Å². The van der Waals surface area contributed by atoms with Crippen molar-refractivity contribution in [3.8, 4) is 5.75 Å². The molecule has 10 nitrogen and oxygen atoms in total. The number of aliphatic hydroxyl groups is 1. The Morgan fingerprint density at radius 1 is 0.902 bits per heavy atom. The molecular weight excluding hydrogens is 661 g/mol. The first kappa shape index (κ1) is 35.3. The molecular formula is C40H38N6O4S. The summed E-state index contributed by atoms with van der Waals surface area (Å²) in [6.07, 6.45) is -0.105. The maximum atomic E-state index is 14.7. The molecule has 1 amide bonds. The number of amides is 1. The lowest BCUT2D eigenvalue weighted by Gasteiger charge is -2.32. The lowest BCUT2D eigenvalue weighted by Crippen LogP contribution is -2.53. The summed E-state index contributed by atoms with van der Waals surface area (Å²) in [6.45, 7) is 0.889. The third-order valence-electron chi connectivity index (χ3n) is 8.41. The van der Waals surface area contributed by atoms with Gasteiger partial charge in [0.1, 0.15) is 5.75 Å². The lowest BCUT2D eigenvalue weighted by atomic mass is 9.81. The number of aliphatic hydroxyl groups excluding tert-OH is 1. The summed E-state index contributed by atoms with van der Waals surface area (Å²) in [4.78, 5) is 25.0. The maximum absolute atomic E-state index is 14.7. The number of carbonyl (C=O) groups excluding carboxylic acids is 1. The van der Waals surface area contributed by atoms with E-state index in [1.165, 1.54) is 0 Å². The topological polar surface area (TPSA) is 141 Å². The summed E-state index contributed by atoms with van der Waals surface area (Å²) < 4.78 is 12.4. The summed E-state index contributed by atoms with van der Waals surface area (Å²) in [5.74, 6) is 0.573. The number of benzene rings is 5. The van der Waals surface area contributed by atoms with E-state index >= 15 is 0 Å². The van der Waals surface area contributed by atoms with Gasteiger partial charge >= 0.3 is 0 Å². The van der Waals surface area contributed by atoms with Crippen molar-refractivity contribution in [2.45, 2.75) is 47.4 Å². The Kier molecular flexibility index (Phi) is 12.0. The fraction of sp³-hybridized carbons (Fsp3) is 0.200. The van der Waals surface area contributed by atoms with Gasteiger partial charge in [0.25, 0.3) is 5.91 Å². The Morgan fingerprint density at radius 2 is 1.59 bits per heavy atom. The SMILES string of the molecule is [N-]=[N+]=NCc1ccccc1[C@@H]1OC(c2ccc(OCCCO)cc2)=N[C@]1(Cc1ccccc1)C(=O)NNCc1ccccc1Sc1ccccc1. The third kappa shape index (κ3) is 8.78. The van der Waals surface area contributed by atoms with Crippen molar-refractivity contribution in [3.63, 3.8) is 0 Å². The van der Waals surface area contributed by atoms with Gasteiger partial charge in [-0.1, -0.05) is 108 Å². The van der Waals surface area contributed by atoms with E-state index < -0.39 is 11.6 Å².